The van der Waals surface area contributed by atoms with Gasteiger partial charge in [-0.1, -0.05) is 24.3 Å². The second-order valence-corrected chi connectivity index (χ2v) is 10.4. The molecule has 0 N–H and O–H groups in total. The molecule has 1 fully saturated rings. The van der Waals surface area contributed by atoms with Crippen molar-refractivity contribution < 1.29 is 42.7 Å². The van der Waals surface area contributed by atoms with E-state index in [0.717, 1.165) is 5.56 Å². The normalized spacial score (nSPS) is 24.7. The summed E-state index contributed by atoms with van der Waals surface area (Å²) in [5, 5.41) is 0. The summed E-state index contributed by atoms with van der Waals surface area (Å²) in [6.07, 6.45) is 3.77. The third-order valence-corrected chi connectivity index (χ3v) is 6.76. The number of cyclic esters (lactones) is 1. The monoisotopic (exact) mass is 554 g/mol. The van der Waals surface area contributed by atoms with Gasteiger partial charge in [0.15, 0.2) is 12.6 Å². The van der Waals surface area contributed by atoms with Gasteiger partial charge in [0.25, 0.3) is 0 Å². The number of esters is 2. The molecule has 4 atom stereocenters. The van der Waals surface area contributed by atoms with E-state index in [0.29, 0.717) is 48.3 Å². The highest BCUT2D eigenvalue weighted by Gasteiger charge is 2.45. The van der Waals surface area contributed by atoms with Crippen LogP contribution in [0.1, 0.15) is 66.3 Å². The standard InChI is InChI=1S/C31H38O9/c1-20-11-9-15-24(38-29(32)21-12-7-6-8-13-21)28-25(39-31(2,3)40-28)16-10-14-22-17-23(35-5)18-26(36-19-34-4)27(22)30(33)37-20/h6-9,12-13,15,17-18,20,24-25,28H,10-11,14,16,19H2,1-5H3/t20?,24?,25-,28?/m0/s1. The first-order chi connectivity index (χ1) is 19.2. The van der Waals surface area contributed by atoms with Gasteiger partial charge in [0, 0.05) is 19.6 Å². The predicted molar refractivity (Wildman–Crippen MR) is 147 cm³/mol. The van der Waals surface area contributed by atoms with Crippen molar-refractivity contribution in [3.63, 3.8) is 0 Å². The Kier molecular flexibility index (Phi) is 9.84. The van der Waals surface area contributed by atoms with Gasteiger partial charge in [-0.05, 0) is 69.9 Å². The van der Waals surface area contributed by atoms with Crippen LogP contribution in [0.2, 0.25) is 0 Å². The van der Waals surface area contributed by atoms with Crippen molar-refractivity contribution in [2.75, 3.05) is 21.0 Å². The van der Waals surface area contributed by atoms with Gasteiger partial charge >= 0.3 is 11.9 Å². The van der Waals surface area contributed by atoms with Crippen LogP contribution in [0.3, 0.4) is 0 Å². The number of hydrogen-bond acceptors (Lipinski definition) is 9. The Morgan fingerprint density at radius 2 is 1.88 bits per heavy atom. The maximum absolute atomic E-state index is 13.4. The van der Waals surface area contributed by atoms with E-state index in [9.17, 15) is 9.59 Å². The lowest BCUT2D eigenvalue weighted by atomic mass is 9.96. The molecule has 0 aromatic heterocycles. The van der Waals surface area contributed by atoms with Crippen molar-refractivity contribution in [2.24, 2.45) is 0 Å². The van der Waals surface area contributed by atoms with Crippen molar-refractivity contribution in [3.05, 3.63) is 71.3 Å². The van der Waals surface area contributed by atoms with Crippen LogP contribution in [0.5, 0.6) is 11.5 Å². The molecule has 0 aliphatic carbocycles. The Hall–Kier alpha value is -3.40. The maximum atomic E-state index is 13.4. The first-order valence-corrected chi connectivity index (χ1v) is 13.5. The molecular formula is C31H38O9. The highest BCUT2D eigenvalue weighted by atomic mass is 16.8. The molecule has 9 nitrogen and oxygen atoms in total. The molecule has 9 heteroatoms. The summed E-state index contributed by atoms with van der Waals surface area (Å²) in [5.41, 5.74) is 1.53. The zero-order valence-electron chi connectivity index (χ0n) is 23.7. The van der Waals surface area contributed by atoms with Crippen LogP contribution in [0.15, 0.2) is 54.6 Å². The number of rotatable bonds is 6. The van der Waals surface area contributed by atoms with Crippen molar-refractivity contribution in [1.82, 2.24) is 0 Å². The Bertz CT molecular complexity index is 1190. The highest BCUT2D eigenvalue weighted by Crippen LogP contribution is 2.36. The SMILES string of the molecule is COCOc1cc(OC)cc2c1C(=O)OC(C)CC=CC(OC(=O)c1ccccc1)C1OC(C)(C)O[C@H]1CCC2. The van der Waals surface area contributed by atoms with Gasteiger partial charge in [-0.3, -0.25) is 0 Å². The second-order valence-electron chi connectivity index (χ2n) is 10.4. The zero-order chi connectivity index (χ0) is 28.7. The van der Waals surface area contributed by atoms with Crippen LogP contribution in [0.25, 0.3) is 0 Å². The Morgan fingerprint density at radius 1 is 1.10 bits per heavy atom. The van der Waals surface area contributed by atoms with Gasteiger partial charge in [0.1, 0.15) is 35.4 Å². The van der Waals surface area contributed by atoms with Gasteiger partial charge < -0.3 is 33.2 Å². The van der Waals surface area contributed by atoms with E-state index in [4.69, 9.17) is 33.2 Å². The van der Waals surface area contributed by atoms with E-state index in [2.05, 4.69) is 0 Å². The van der Waals surface area contributed by atoms with E-state index in [-0.39, 0.29) is 12.9 Å². The highest BCUT2D eigenvalue weighted by molar-refractivity contribution is 5.94. The number of benzene rings is 2. The van der Waals surface area contributed by atoms with Crippen molar-refractivity contribution in [2.45, 2.75) is 76.7 Å². The molecule has 1 saturated heterocycles. The molecule has 2 heterocycles. The molecule has 0 amide bonds. The average Bonchev–Trinajstić information content (AvgIpc) is 3.24. The minimum atomic E-state index is -0.858. The minimum absolute atomic E-state index is 0.0295. The van der Waals surface area contributed by atoms with E-state index >= 15 is 0 Å². The lowest BCUT2D eigenvalue weighted by Crippen LogP contribution is -2.38. The maximum Gasteiger partial charge on any atom is 0.342 e. The Balaban J connectivity index is 1.65. The number of ether oxygens (including phenoxy) is 7. The van der Waals surface area contributed by atoms with Gasteiger partial charge in [-0.15, -0.1) is 0 Å². The topological polar surface area (TPSA) is 98.8 Å². The smallest absolute Gasteiger partial charge is 0.342 e. The number of hydrogen-bond donors (Lipinski definition) is 0. The van der Waals surface area contributed by atoms with Gasteiger partial charge in [-0.25, -0.2) is 9.59 Å². The first kappa shape index (κ1) is 29.6. The third-order valence-electron chi connectivity index (χ3n) is 6.76. The molecule has 2 aliphatic heterocycles. The molecule has 4 rings (SSSR count). The zero-order valence-corrected chi connectivity index (χ0v) is 23.7. The average molecular weight is 555 g/mol. The molecular weight excluding hydrogens is 516 g/mol. The summed E-state index contributed by atoms with van der Waals surface area (Å²) in [7, 11) is 3.07. The van der Waals surface area contributed by atoms with Crippen molar-refractivity contribution in [3.8, 4) is 11.5 Å². The molecule has 0 bridgehead atoms. The number of carbonyl (C=O) groups excluding carboxylic acids is 2. The molecule has 3 unspecified atom stereocenters. The molecule has 0 radical (unpaired) electrons. The summed E-state index contributed by atoms with van der Waals surface area (Å²) in [6, 6.07) is 12.3. The van der Waals surface area contributed by atoms with Crippen LogP contribution < -0.4 is 9.47 Å². The summed E-state index contributed by atoms with van der Waals surface area (Å²) in [4.78, 5) is 26.4. The van der Waals surface area contributed by atoms with Gasteiger partial charge in [0.05, 0.1) is 18.8 Å². The van der Waals surface area contributed by atoms with Crippen LogP contribution in [0.4, 0.5) is 0 Å². The largest absolute Gasteiger partial charge is 0.497 e. The third kappa shape index (κ3) is 7.41. The second kappa shape index (κ2) is 13.3. The van der Waals surface area contributed by atoms with E-state index in [1.807, 2.05) is 32.1 Å². The molecule has 40 heavy (non-hydrogen) atoms. The summed E-state index contributed by atoms with van der Waals surface area (Å²) < 4.78 is 40.6. The first-order valence-electron chi connectivity index (χ1n) is 13.5. The van der Waals surface area contributed by atoms with Crippen molar-refractivity contribution >= 4 is 11.9 Å². The number of aryl methyl sites for hydroxylation is 1. The fourth-order valence-electron chi connectivity index (χ4n) is 4.96. The van der Waals surface area contributed by atoms with Crippen LogP contribution >= 0.6 is 0 Å². The summed E-state index contributed by atoms with van der Waals surface area (Å²) in [6.45, 7) is 5.47. The summed E-state index contributed by atoms with van der Waals surface area (Å²) in [5.74, 6) is -0.908. The molecule has 0 spiro atoms. The number of fused-ring (bicyclic) bond motifs is 2. The van der Waals surface area contributed by atoms with Gasteiger partial charge in [-0.2, -0.15) is 0 Å². The number of carbonyl (C=O) groups is 2. The Morgan fingerprint density at radius 3 is 2.60 bits per heavy atom. The predicted octanol–water partition coefficient (Wildman–Crippen LogP) is 5.25. The van der Waals surface area contributed by atoms with E-state index < -0.39 is 36.0 Å². The van der Waals surface area contributed by atoms with E-state index in [1.165, 1.54) is 7.11 Å². The summed E-state index contributed by atoms with van der Waals surface area (Å²) >= 11 is 0. The quantitative estimate of drug-likeness (QED) is 0.269. The van der Waals surface area contributed by atoms with E-state index in [1.54, 1.807) is 50.4 Å². The molecule has 0 saturated carbocycles. The Labute approximate surface area is 235 Å². The van der Waals surface area contributed by atoms with Crippen LogP contribution in [-0.4, -0.2) is 63.2 Å². The van der Waals surface area contributed by atoms with Crippen LogP contribution in [0, 0.1) is 0 Å². The lowest BCUT2D eigenvalue weighted by molar-refractivity contribution is -0.153. The molecule has 2 aliphatic rings. The molecule has 216 valence electrons. The minimum Gasteiger partial charge on any atom is -0.497 e. The van der Waals surface area contributed by atoms with Crippen LogP contribution in [-0.2, 0) is 30.1 Å². The molecule has 2 aromatic carbocycles. The lowest BCUT2D eigenvalue weighted by Gasteiger charge is -2.25. The number of methoxy groups -OCH3 is 2. The fourth-order valence-corrected chi connectivity index (χ4v) is 4.96. The fraction of sp³-hybridized carbons (Fsp3) is 0.484. The van der Waals surface area contributed by atoms with Gasteiger partial charge in [0.2, 0.25) is 0 Å². The van der Waals surface area contributed by atoms with Crippen molar-refractivity contribution in [1.29, 1.82) is 0 Å². The molecule has 2 aromatic rings.